The molecule has 2 aromatic carbocycles. The summed E-state index contributed by atoms with van der Waals surface area (Å²) in [5.74, 6) is 1.28. The van der Waals surface area contributed by atoms with Crippen LogP contribution in [0.1, 0.15) is 11.1 Å². The summed E-state index contributed by atoms with van der Waals surface area (Å²) < 4.78 is 10.5. The highest BCUT2D eigenvalue weighted by Gasteiger charge is 2.14. The number of hydrogen-bond donors (Lipinski definition) is 0. The Bertz CT molecular complexity index is 667. The third-order valence-electron chi connectivity index (χ3n) is 3.57. The molecule has 0 unspecified atom stereocenters. The zero-order chi connectivity index (χ0) is 16.1. The maximum Gasteiger partial charge on any atom is 0.231 e. The first-order valence-electron chi connectivity index (χ1n) is 7.09. The van der Waals surface area contributed by atoms with Crippen molar-refractivity contribution in [3.8, 4) is 11.5 Å². The van der Waals surface area contributed by atoms with Crippen LogP contribution in [0.3, 0.4) is 0 Å². The average Bonchev–Trinajstić information content (AvgIpc) is 2.53. The highest BCUT2D eigenvalue weighted by molar-refractivity contribution is 5.94. The summed E-state index contributed by atoms with van der Waals surface area (Å²) in [6.07, 6.45) is 0.368. The van der Waals surface area contributed by atoms with E-state index in [9.17, 15) is 4.79 Å². The number of rotatable bonds is 5. The second kappa shape index (κ2) is 6.98. The number of benzene rings is 2. The van der Waals surface area contributed by atoms with Crippen LogP contribution in [0.25, 0.3) is 0 Å². The van der Waals surface area contributed by atoms with Gasteiger partial charge in [-0.05, 0) is 24.6 Å². The average molecular weight is 299 g/mol. The number of methoxy groups -OCH3 is 2. The van der Waals surface area contributed by atoms with Gasteiger partial charge in [0, 0.05) is 18.8 Å². The smallest absolute Gasteiger partial charge is 0.231 e. The molecule has 4 nitrogen and oxygen atoms in total. The van der Waals surface area contributed by atoms with Gasteiger partial charge in [0.15, 0.2) is 11.5 Å². The fourth-order valence-corrected chi connectivity index (χ4v) is 2.29. The van der Waals surface area contributed by atoms with Crippen LogP contribution in [0, 0.1) is 6.92 Å². The number of aryl methyl sites for hydroxylation is 1. The van der Waals surface area contributed by atoms with Gasteiger partial charge in [-0.3, -0.25) is 4.79 Å². The zero-order valence-electron chi connectivity index (χ0n) is 13.4. The van der Waals surface area contributed by atoms with Gasteiger partial charge in [-0.15, -0.1) is 0 Å². The number of nitrogens with zero attached hydrogens (tertiary/aromatic N) is 1. The van der Waals surface area contributed by atoms with E-state index in [0.29, 0.717) is 17.9 Å². The van der Waals surface area contributed by atoms with Crippen molar-refractivity contribution in [2.45, 2.75) is 13.3 Å². The van der Waals surface area contributed by atoms with Gasteiger partial charge in [0.2, 0.25) is 5.91 Å². The molecule has 0 atom stereocenters. The quantitative estimate of drug-likeness (QED) is 0.851. The molecule has 2 aromatic rings. The lowest BCUT2D eigenvalue weighted by Crippen LogP contribution is -2.27. The lowest BCUT2D eigenvalue weighted by atomic mass is 10.1. The number of likely N-dealkylation sites (N-methyl/N-ethyl adjacent to an activating group) is 1. The Morgan fingerprint density at radius 1 is 1.05 bits per heavy atom. The lowest BCUT2D eigenvalue weighted by Gasteiger charge is -2.19. The minimum atomic E-state index is 0.0258. The van der Waals surface area contributed by atoms with Crippen LogP contribution in [0.4, 0.5) is 5.69 Å². The molecule has 0 N–H and O–H groups in total. The van der Waals surface area contributed by atoms with E-state index in [1.165, 1.54) is 0 Å². The fraction of sp³-hybridized carbons (Fsp3) is 0.278. The topological polar surface area (TPSA) is 38.8 Å². The van der Waals surface area contributed by atoms with Gasteiger partial charge in [-0.1, -0.05) is 29.8 Å². The van der Waals surface area contributed by atoms with Gasteiger partial charge in [0.05, 0.1) is 20.6 Å². The molecule has 0 aliphatic heterocycles. The van der Waals surface area contributed by atoms with Crippen LogP contribution in [0.2, 0.25) is 0 Å². The molecule has 0 heterocycles. The Balaban J connectivity index is 2.16. The van der Waals surface area contributed by atoms with Crippen molar-refractivity contribution in [3.05, 3.63) is 53.6 Å². The van der Waals surface area contributed by atoms with E-state index in [1.807, 2.05) is 37.3 Å². The van der Waals surface area contributed by atoms with Crippen molar-refractivity contribution in [2.75, 3.05) is 26.2 Å². The van der Waals surface area contributed by atoms with E-state index < -0.39 is 0 Å². The second-order valence-electron chi connectivity index (χ2n) is 5.16. The molecule has 0 aliphatic carbocycles. The maximum atomic E-state index is 12.4. The molecule has 4 heteroatoms. The van der Waals surface area contributed by atoms with Crippen molar-refractivity contribution in [1.29, 1.82) is 0 Å². The number of carbonyl (C=O) groups excluding carboxylic acids is 1. The molecule has 0 aromatic heterocycles. The van der Waals surface area contributed by atoms with Gasteiger partial charge in [-0.2, -0.15) is 0 Å². The predicted octanol–water partition coefficient (Wildman–Crippen LogP) is 3.22. The molecule has 0 saturated heterocycles. The molecule has 116 valence electrons. The van der Waals surface area contributed by atoms with E-state index in [1.54, 1.807) is 38.3 Å². The van der Waals surface area contributed by atoms with Crippen molar-refractivity contribution < 1.29 is 14.3 Å². The standard InChI is InChI=1S/C18H21NO3/c1-13-6-5-7-14(10-13)11-18(20)19(2)15-8-9-16(21-3)17(12-15)22-4/h5-10,12H,11H2,1-4H3. The summed E-state index contributed by atoms with van der Waals surface area (Å²) in [5.41, 5.74) is 2.94. The number of hydrogen-bond acceptors (Lipinski definition) is 3. The first kappa shape index (κ1) is 15.9. The number of ether oxygens (including phenoxy) is 2. The Morgan fingerprint density at radius 2 is 1.77 bits per heavy atom. The summed E-state index contributed by atoms with van der Waals surface area (Å²) in [7, 11) is 4.93. The third kappa shape index (κ3) is 3.58. The van der Waals surface area contributed by atoms with Crippen molar-refractivity contribution >= 4 is 11.6 Å². The molecule has 0 spiro atoms. The van der Waals surface area contributed by atoms with Gasteiger partial charge in [-0.25, -0.2) is 0 Å². The summed E-state index contributed by atoms with van der Waals surface area (Å²) in [5, 5.41) is 0. The van der Waals surface area contributed by atoms with Crippen LogP contribution in [-0.2, 0) is 11.2 Å². The highest BCUT2D eigenvalue weighted by Crippen LogP contribution is 2.31. The summed E-state index contributed by atoms with van der Waals surface area (Å²) in [6, 6.07) is 13.4. The zero-order valence-corrected chi connectivity index (χ0v) is 13.4. The first-order chi connectivity index (χ1) is 10.5. The van der Waals surface area contributed by atoms with E-state index in [2.05, 4.69) is 0 Å². The van der Waals surface area contributed by atoms with Crippen LogP contribution in [0.5, 0.6) is 11.5 Å². The second-order valence-corrected chi connectivity index (χ2v) is 5.16. The lowest BCUT2D eigenvalue weighted by molar-refractivity contribution is -0.117. The van der Waals surface area contributed by atoms with Crippen molar-refractivity contribution in [1.82, 2.24) is 0 Å². The molecule has 0 saturated carbocycles. The minimum Gasteiger partial charge on any atom is -0.493 e. The Hall–Kier alpha value is -2.49. The molecular formula is C18H21NO3. The van der Waals surface area contributed by atoms with Crippen LogP contribution < -0.4 is 14.4 Å². The number of carbonyl (C=O) groups is 1. The predicted molar refractivity (Wildman–Crippen MR) is 87.8 cm³/mol. The van der Waals surface area contributed by atoms with E-state index >= 15 is 0 Å². The van der Waals surface area contributed by atoms with Crippen molar-refractivity contribution in [2.24, 2.45) is 0 Å². The molecule has 2 rings (SSSR count). The normalized spacial score (nSPS) is 10.2. The van der Waals surface area contributed by atoms with Gasteiger partial charge >= 0.3 is 0 Å². The molecule has 0 aliphatic rings. The molecular weight excluding hydrogens is 278 g/mol. The van der Waals surface area contributed by atoms with E-state index in [-0.39, 0.29) is 5.91 Å². The van der Waals surface area contributed by atoms with Gasteiger partial charge in [0.1, 0.15) is 0 Å². The minimum absolute atomic E-state index is 0.0258. The monoisotopic (exact) mass is 299 g/mol. The van der Waals surface area contributed by atoms with Crippen LogP contribution >= 0.6 is 0 Å². The first-order valence-corrected chi connectivity index (χ1v) is 7.09. The summed E-state index contributed by atoms with van der Waals surface area (Å²) in [4.78, 5) is 14.1. The van der Waals surface area contributed by atoms with Crippen molar-refractivity contribution in [3.63, 3.8) is 0 Å². The van der Waals surface area contributed by atoms with Crippen LogP contribution in [-0.4, -0.2) is 27.2 Å². The Morgan fingerprint density at radius 3 is 2.41 bits per heavy atom. The summed E-state index contributed by atoms with van der Waals surface area (Å²) >= 11 is 0. The van der Waals surface area contributed by atoms with Crippen LogP contribution in [0.15, 0.2) is 42.5 Å². The molecule has 22 heavy (non-hydrogen) atoms. The molecule has 0 fully saturated rings. The molecule has 1 amide bonds. The van der Waals surface area contributed by atoms with E-state index in [0.717, 1.165) is 16.8 Å². The number of amides is 1. The molecule has 0 bridgehead atoms. The maximum absolute atomic E-state index is 12.4. The SMILES string of the molecule is COc1ccc(N(C)C(=O)Cc2cccc(C)c2)cc1OC. The summed E-state index contributed by atoms with van der Waals surface area (Å²) in [6.45, 7) is 2.02. The highest BCUT2D eigenvalue weighted by atomic mass is 16.5. The largest absolute Gasteiger partial charge is 0.493 e. The Labute approximate surface area is 131 Å². The molecule has 0 radical (unpaired) electrons. The number of anilines is 1. The Kier molecular flexibility index (Phi) is 5.04. The van der Waals surface area contributed by atoms with E-state index in [4.69, 9.17) is 9.47 Å². The van der Waals surface area contributed by atoms with Gasteiger partial charge in [0.25, 0.3) is 0 Å². The third-order valence-corrected chi connectivity index (χ3v) is 3.57. The fourth-order valence-electron chi connectivity index (χ4n) is 2.29. The van der Waals surface area contributed by atoms with Gasteiger partial charge < -0.3 is 14.4 Å².